The third-order valence-electron chi connectivity index (χ3n) is 3.20. The number of aryl methyl sites for hydroxylation is 1. The number of carbonyl (C=O) groups excluding carboxylic acids is 1. The van der Waals surface area contributed by atoms with Crippen molar-refractivity contribution in [2.24, 2.45) is 5.73 Å². The van der Waals surface area contributed by atoms with Gasteiger partial charge in [0.05, 0.1) is 6.20 Å². The summed E-state index contributed by atoms with van der Waals surface area (Å²) in [5, 5.41) is 2.83. The highest BCUT2D eigenvalue weighted by Gasteiger charge is 2.31. The van der Waals surface area contributed by atoms with Crippen molar-refractivity contribution < 1.29 is 9.21 Å². The Morgan fingerprint density at radius 1 is 1.40 bits per heavy atom. The van der Waals surface area contributed by atoms with Gasteiger partial charge in [-0.2, -0.15) is 0 Å². The number of benzene rings is 1. The normalized spacial score (nSPS) is 15.4. The van der Waals surface area contributed by atoms with E-state index in [2.05, 4.69) is 10.3 Å². The van der Waals surface area contributed by atoms with Crippen molar-refractivity contribution in [3.05, 3.63) is 53.7 Å². The van der Waals surface area contributed by atoms with Crippen LogP contribution in [0.2, 0.25) is 0 Å². The molecule has 20 heavy (non-hydrogen) atoms. The van der Waals surface area contributed by atoms with E-state index in [9.17, 15) is 4.79 Å². The smallest absolute Gasteiger partial charge is 0.245 e. The fourth-order valence-electron chi connectivity index (χ4n) is 1.90. The van der Waals surface area contributed by atoms with Crippen molar-refractivity contribution >= 4 is 5.91 Å². The molecule has 0 aliphatic rings. The number of hydrogen-bond acceptors (Lipinski definition) is 4. The molecule has 106 valence electrons. The third kappa shape index (κ3) is 2.88. The van der Waals surface area contributed by atoms with Crippen molar-refractivity contribution in [3.8, 4) is 0 Å². The average Bonchev–Trinajstić information content (AvgIpc) is 2.86. The Labute approximate surface area is 118 Å². The fourth-order valence-corrected chi connectivity index (χ4v) is 1.90. The van der Waals surface area contributed by atoms with Crippen LogP contribution in [0.5, 0.6) is 0 Å². The van der Waals surface area contributed by atoms with E-state index < -0.39 is 5.54 Å². The summed E-state index contributed by atoms with van der Waals surface area (Å²) in [5.41, 5.74) is 5.81. The molecule has 0 aliphatic heterocycles. The first-order valence-electron chi connectivity index (χ1n) is 6.49. The molecule has 0 saturated carbocycles. The van der Waals surface area contributed by atoms with Gasteiger partial charge >= 0.3 is 0 Å². The Bertz CT molecular complexity index is 590. The summed E-state index contributed by atoms with van der Waals surface area (Å²) in [5.74, 6) is 0.909. The topological polar surface area (TPSA) is 81.2 Å². The quantitative estimate of drug-likeness (QED) is 0.893. The maximum Gasteiger partial charge on any atom is 0.245 e. The number of carbonyl (C=O) groups is 1. The zero-order valence-corrected chi connectivity index (χ0v) is 11.9. The summed E-state index contributed by atoms with van der Waals surface area (Å²) in [6.45, 7) is 5.30. The predicted octanol–water partition coefficient (Wildman–Crippen LogP) is 2.03. The van der Waals surface area contributed by atoms with Gasteiger partial charge in [-0.15, -0.1) is 0 Å². The summed E-state index contributed by atoms with van der Waals surface area (Å²) in [6.07, 6.45) is 1.62. The average molecular weight is 273 g/mol. The molecule has 1 heterocycles. The van der Waals surface area contributed by atoms with Crippen LogP contribution >= 0.6 is 0 Å². The van der Waals surface area contributed by atoms with Crippen LogP contribution in [0.3, 0.4) is 0 Å². The van der Waals surface area contributed by atoms with E-state index in [4.69, 9.17) is 10.2 Å². The van der Waals surface area contributed by atoms with E-state index in [1.165, 1.54) is 0 Å². The number of nitrogens with one attached hydrogen (secondary N) is 1. The van der Waals surface area contributed by atoms with E-state index in [-0.39, 0.29) is 11.9 Å². The highest BCUT2D eigenvalue weighted by Crippen LogP contribution is 2.20. The Balaban J connectivity index is 2.11. The maximum atomic E-state index is 12.4. The second-order valence-electron chi connectivity index (χ2n) is 5.07. The highest BCUT2D eigenvalue weighted by molar-refractivity contribution is 5.87. The molecular weight excluding hydrogens is 254 g/mol. The zero-order valence-electron chi connectivity index (χ0n) is 11.9. The van der Waals surface area contributed by atoms with E-state index >= 15 is 0 Å². The van der Waals surface area contributed by atoms with Crippen LogP contribution in [0.15, 0.2) is 40.9 Å². The van der Waals surface area contributed by atoms with Gasteiger partial charge in [0.15, 0.2) is 0 Å². The number of aromatic nitrogens is 1. The number of rotatable bonds is 4. The van der Waals surface area contributed by atoms with Crippen molar-refractivity contribution in [1.82, 2.24) is 10.3 Å². The molecule has 1 aromatic carbocycles. The summed E-state index contributed by atoms with van der Waals surface area (Å²) in [6, 6.07) is 8.93. The predicted molar refractivity (Wildman–Crippen MR) is 75.8 cm³/mol. The van der Waals surface area contributed by atoms with Crippen molar-refractivity contribution in [3.63, 3.8) is 0 Å². The standard InChI is InChI=1S/C15H19N3O2/c1-10-9-17-13(20-10)11(2)18-14(19)15(3,16)12-7-5-4-6-8-12/h4-9,11H,16H2,1-3H3,(H,18,19). The number of hydrogen-bond donors (Lipinski definition) is 2. The molecule has 0 saturated heterocycles. The van der Waals surface area contributed by atoms with Crippen LogP contribution in [0.25, 0.3) is 0 Å². The van der Waals surface area contributed by atoms with Crippen molar-refractivity contribution in [2.75, 3.05) is 0 Å². The lowest BCUT2D eigenvalue weighted by molar-refractivity contribution is -0.126. The first kappa shape index (κ1) is 14.3. The van der Waals surface area contributed by atoms with Crippen LogP contribution < -0.4 is 11.1 Å². The molecular formula is C15H19N3O2. The molecule has 5 heteroatoms. The van der Waals surface area contributed by atoms with Gasteiger partial charge in [0, 0.05) is 0 Å². The molecule has 2 aromatic rings. The Morgan fingerprint density at radius 2 is 2.05 bits per heavy atom. The molecule has 0 radical (unpaired) electrons. The van der Waals surface area contributed by atoms with Crippen molar-refractivity contribution in [1.29, 1.82) is 0 Å². The molecule has 0 aliphatic carbocycles. The van der Waals surface area contributed by atoms with Gasteiger partial charge in [-0.3, -0.25) is 4.79 Å². The summed E-state index contributed by atoms with van der Waals surface area (Å²) >= 11 is 0. The minimum atomic E-state index is -1.10. The summed E-state index contributed by atoms with van der Waals surface area (Å²) < 4.78 is 5.40. The SMILES string of the molecule is Cc1cnc(C(C)NC(=O)C(C)(N)c2ccccc2)o1. The monoisotopic (exact) mass is 273 g/mol. The number of oxazole rings is 1. The van der Waals surface area contributed by atoms with Crippen LogP contribution in [0.1, 0.15) is 37.1 Å². The van der Waals surface area contributed by atoms with Crippen LogP contribution in [0.4, 0.5) is 0 Å². The Morgan fingerprint density at radius 3 is 2.60 bits per heavy atom. The first-order chi connectivity index (χ1) is 9.41. The van der Waals surface area contributed by atoms with Gasteiger partial charge in [0.2, 0.25) is 11.8 Å². The fraction of sp³-hybridized carbons (Fsp3) is 0.333. The first-order valence-corrected chi connectivity index (χ1v) is 6.49. The second kappa shape index (κ2) is 5.46. The van der Waals surface area contributed by atoms with Crippen molar-refractivity contribution in [2.45, 2.75) is 32.4 Å². The lowest BCUT2D eigenvalue weighted by Crippen LogP contribution is -2.49. The minimum Gasteiger partial charge on any atom is -0.444 e. The Kier molecular flexibility index (Phi) is 3.90. The van der Waals surface area contributed by atoms with Gasteiger partial charge < -0.3 is 15.5 Å². The molecule has 0 spiro atoms. The van der Waals surface area contributed by atoms with Crippen LogP contribution in [-0.4, -0.2) is 10.9 Å². The number of nitrogens with zero attached hydrogens (tertiary/aromatic N) is 1. The molecule has 2 unspecified atom stereocenters. The molecule has 2 rings (SSSR count). The Hall–Kier alpha value is -2.14. The minimum absolute atomic E-state index is 0.271. The second-order valence-corrected chi connectivity index (χ2v) is 5.07. The van der Waals surface area contributed by atoms with Gasteiger partial charge in [0.1, 0.15) is 17.3 Å². The van der Waals surface area contributed by atoms with Crippen LogP contribution in [-0.2, 0) is 10.3 Å². The van der Waals surface area contributed by atoms with Gasteiger partial charge in [0.25, 0.3) is 0 Å². The molecule has 0 bridgehead atoms. The highest BCUT2D eigenvalue weighted by atomic mass is 16.4. The molecule has 1 aromatic heterocycles. The maximum absolute atomic E-state index is 12.4. The van der Waals surface area contributed by atoms with E-state index in [1.807, 2.05) is 44.2 Å². The molecule has 3 N–H and O–H groups in total. The lowest BCUT2D eigenvalue weighted by atomic mass is 9.92. The van der Waals surface area contributed by atoms with Gasteiger partial charge in [-0.1, -0.05) is 30.3 Å². The molecule has 2 atom stereocenters. The zero-order chi connectivity index (χ0) is 14.8. The molecule has 1 amide bonds. The van der Waals surface area contributed by atoms with Crippen LogP contribution in [0, 0.1) is 6.92 Å². The largest absolute Gasteiger partial charge is 0.444 e. The molecule has 5 nitrogen and oxygen atoms in total. The third-order valence-corrected chi connectivity index (χ3v) is 3.20. The van der Waals surface area contributed by atoms with E-state index in [0.717, 1.165) is 5.56 Å². The lowest BCUT2D eigenvalue weighted by Gasteiger charge is -2.25. The number of amides is 1. The summed E-state index contributed by atoms with van der Waals surface area (Å²) in [4.78, 5) is 16.5. The van der Waals surface area contributed by atoms with E-state index in [1.54, 1.807) is 13.1 Å². The van der Waals surface area contributed by atoms with Gasteiger partial charge in [-0.05, 0) is 26.3 Å². The van der Waals surface area contributed by atoms with E-state index in [0.29, 0.717) is 11.7 Å². The number of nitrogens with two attached hydrogens (primary N) is 1. The van der Waals surface area contributed by atoms with Gasteiger partial charge in [-0.25, -0.2) is 4.98 Å². The molecule has 0 fully saturated rings. The summed E-state index contributed by atoms with van der Waals surface area (Å²) in [7, 11) is 0.